The number of para-hydroxylation sites is 1. The number of carbonyl (C=O) groups is 1. The molecule has 3 heterocycles. The fourth-order valence-corrected chi connectivity index (χ4v) is 4.42. The quantitative estimate of drug-likeness (QED) is 0.113. The number of ketones is 1. The van der Waals surface area contributed by atoms with Gasteiger partial charge in [-0.2, -0.15) is 0 Å². The van der Waals surface area contributed by atoms with Gasteiger partial charge in [-0.15, -0.1) is 18.2 Å². The van der Waals surface area contributed by atoms with Gasteiger partial charge in [0, 0.05) is 48.7 Å². The number of allylic oxidation sites excluding steroid dienone is 2. The van der Waals surface area contributed by atoms with Crippen LogP contribution < -0.4 is 0 Å². The third-order valence-electron chi connectivity index (χ3n) is 6.27. The van der Waals surface area contributed by atoms with Gasteiger partial charge in [0.1, 0.15) is 16.9 Å². The van der Waals surface area contributed by atoms with Gasteiger partial charge >= 0.3 is 0 Å². The van der Waals surface area contributed by atoms with Gasteiger partial charge in [-0.25, -0.2) is 0 Å². The molecule has 0 aliphatic carbocycles. The topological polar surface area (TPSA) is 76.5 Å². The summed E-state index contributed by atoms with van der Waals surface area (Å²) in [6.45, 7) is 7.24. The van der Waals surface area contributed by atoms with Crippen LogP contribution in [0.15, 0.2) is 99.7 Å². The normalized spacial score (nSPS) is 11.5. The maximum Gasteiger partial charge on any atom is 0.155 e. The molecule has 1 radical (unpaired) electrons. The first-order valence-corrected chi connectivity index (χ1v) is 12.5. The van der Waals surface area contributed by atoms with Gasteiger partial charge in [-0.3, -0.25) is 4.79 Å². The smallest absolute Gasteiger partial charge is 0.155 e. The number of hydrogen-bond donors (Lipinski definition) is 1. The maximum absolute atomic E-state index is 10.0. The predicted octanol–water partition coefficient (Wildman–Crippen LogP) is 9.02. The van der Waals surface area contributed by atoms with E-state index in [0.29, 0.717) is 5.92 Å². The minimum Gasteiger partial charge on any atom is -0.512 e. The van der Waals surface area contributed by atoms with Crippen molar-refractivity contribution in [2.24, 2.45) is 0 Å². The zero-order chi connectivity index (χ0) is 26.8. The van der Waals surface area contributed by atoms with Crippen molar-refractivity contribution < 1.29 is 38.8 Å². The number of furan rings is 2. The summed E-state index contributed by atoms with van der Waals surface area (Å²) in [5, 5.41) is 11.5. The van der Waals surface area contributed by atoms with Gasteiger partial charge in [0.2, 0.25) is 0 Å². The number of aliphatic hydroxyl groups excluding tert-OH is 1. The van der Waals surface area contributed by atoms with Crippen molar-refractivity contribution in [3.8, 4) is 22.6 Å². The molecule has 6 rings (SSSR count). The number of fused-ring (bicyclic) bond motifs is 4. The van der Waals surface area contributed by atoms with Crippen molar-refractivity contribution in [2.45, 2.75) is 33.6 Å². The molecule has 3 aromatic carbocycles. The standard InChI is InChI=1S/C28H20NO2.C5H8O2.Ir/c1-17(2)18-10-12-19(13-11-18)26-14-20-16-29-24(15-27(20)30-26)23-8-5-7-22-21-6-3-4-9-25(21)31-28(22)23;1-4(6)3-5(2)7;/h3-7,9-17H,1-2H3;3,6H,1-2H3;/q-1;;/b;4-3-;. The minimum atomic E-state index is -0.125. The first-order valence-electron chi connectivity index (χ1n) is 12.5. The largest absolute Gasteiger partial charge is 0.512 e. The van der Waals surface area contributed by atoms with Gasteiger partial charge in [-0.1, -0.05) is 67.3 Å². The van der Waals surface area contributed by atoms with Crippen LogP contribution in [0.25, 0.3) is 55.5 Å². The molecule has 0 spiro atoms. The molecule has 0 bridgehead atoms. The SMILES string of the molecule is CC(=O)/C=C(/C)O.CC(C)c1ccc(-c2cc3cnc(-c4[c-]ccc5c4oc4ccccc45)cc3o2)cc1.[Ir]. The molecule has 6 aromatic rings. The van der Waals surface area contributed by atoms with Crippen LogP contribution >= 0.6 is 0 Å². The number of rotatable bonds is 4. The molecule has 6 heteroatoms. The van der Waals surface area contributed by atoms with E-state index in [9.17, 15) is 4.79 Å². The summed E-state index contributed by atoms with van der Waals surface area (Å²) in [4.78, 5) is 14.7. The molecule has 0 saturated heterocycles. The second-order valence-electron chi connectivity index (χ2n) is 9.58. The molecule has 0 amide bonds. The number of benzene rings is 3. The first-order chi connectivity index (χ1) is 18.3. The Morgan fingerprint density at radius 2 is 1.69 bits per heavy atom. The van der Waals surface area contributed by atoms with E-state index in [1.807, 2.05) is 48.7 Å². The third-order valence-corrected chi connectivity index (χ3v) is 6.27. The summed E-state index contributed by atoms with van der Waals surface area (Å²) >= 11 is 0. The van der Waals surface area contributed by atoms with E-state index in [2.05, 4.69) is 50.2 Å². The van der Waals surface area contributed by atoms with Crippen LogP contribution in [0.5, 0.6) is 0 Å². The third kappa shape index (κ3) is 6.03. The van der Waals surface area contributed by atoms with E-state index < -0.39 is 0 Å². The molecule has 199 valence electrons. The van der Waals surface area contributed by atoms with Crippen molar-refractivity contribution in [1.82, 2.24) is 4.98 Å². The van der Waals surface area contributed by atoms with Gasteiger partial charge in [0.15, 0.2) is 5.78 Å². The maximum atomic E-state index is 10.0. The molecule has 3 aromatic heterocycles. The summed E-state index contributed by atoms with van der Waals surface area (Å²) in [5.74, 6) is 1.29. The van der Waals surface area contributed by atoms with E-state index >= 15 is 0 Å². The average molecular weight is 695 g/mol. The molecule has 0 aliphatic rings. The second-order valence-corrected chi connectivity index (χ2v) is 9.58. The van der Waals surface area contributed by atoms with Gasteiger partial charge in [0.25, 0.3) is 0 Å². The summed E-state index contributed by atoms with van der Waals surface area (Å²) < 4.78 is 12.4. The monoisotopic (exact) mass is 695 g/mol. The molecular formula is C33H28IrNO4-. The minimum absolute atomic E-state index is 0. The molecule has 0 aliphatic heterocycles. The number of aliphatic hydroxyl groups is 1. The van der Waals surface area contributed by atoms with Crippen LogP contribution in [0.1, 0.15) is 39.2 Å². The van der Waals surface area contributed by atoms with E-state index in [-0.39, 0.29) is 31.6 Å². The Kier molecular flexibility index (Phi) is 8.49. The Morgan fingerprint density at radius 1 is 0.949 bits per heavy atom. The average Bonchev–Trinajstić information content (AvgIpc) is 3.49. The molecule has 0 fully saturated rings. The van der Waals surface area contributed by atoms with Crippen molar-refractivity contribution in [1.29, 1.82) is 0 Å². The van der Waals surface area contributed by atoms with Crippen LogP contribution in [0.2, 0.25) is 0 Å². The van der Waals surface area contributed by atoms with Crippen molar-refractivity contribution in [3.63, 3.8) is 0 Å². The predicted molar refractivity (Wildman–Crippen MR) is 152 cm³/mol. The Hall–Kier alpha value is -3.99. The Balaban J connectivity index is 0.000000394. The number of nitrogens with zero attached hydrogens (tertiary/aromatic N) is 1. The molecular weight excluding hydrogens is 667 g/mol. The molecule has 1 N–H and O–H groups in total. The molecule has 0 unspecified atom stereocenters. The molecule has 0 atom stereocenters. The van der Waals surface area contributed by atoms with E-state index in [0.717, 1.165) is 55.5 Å². The fourth-order valence-electron chi connectivity index (χ4n) is 4.42. The zero-order valence-corrected chi connectivity index (χ0v) is 24.5. The summed E-state index contributed by atoms with van der Waals surface area (Å²) in [6.07, 6.45) is 3.02. The van der Waals surface area contributed by atoms with Crippen molar-refractivity contribution >= 4 is 38.7 Å². The van der Waals surface area contributed by atoms with Crippen LogP contribution in [0.4, 0.5) is 0 Å². The number of hydrogen-bond acceptors (Lipinski definition) is 5. The number of pyridine rings is 1. The summed E-state index contributed by atoms with van der Waals surface area (Å²) in [7, 11) is 0. The van der Waals surface area contributed by atoms with Crippen LogP contribution in [0.3, 0.4) is 0 Å². The van der Waals surface area contributed by atoms with Crippen LogP contribution in [0, 0.1) is 6.07 Å². The van der Waals surface area contributed by atoms with Crippen molar-refractivity contribution in [3.05, 3.63) is 102 Å². The van der Waals surface area contributed by atoms with E-state index in [1.54, 1.807) is 0 Å². The second kappa shape index (κ2) is 11.8. The van der Waals surface area contributed by atoms with Crippen molar-refractivity contribution in [2.75, 3.05) is 0 Å². The Morgan fingerprint density at radius 3 is 2.36 bits per heavy atom. The van der Waals surface area contributed by atoms with Crippen LogP contribution in [-0.2, 0) is 24.9 Å². The molecule has 0 saturated carbocycles. The Bertz CT molecular complexity index is 1790. The Labute approximate surface area is 240 Å². The van der Waals surface area contributed by atoms with Gasteiger partial charge in [-0.05, 0) is 49.2 Å². The fraction of sp³-hybridized carbons (Fsp3) is 0.152. The van der Waals surface area contributed by atoms with E-state index in [4.69, 9.17) is 18.9 Å². The van der Waals surface area contributed by atoms with Gasteiger partial charge in [0.05, 0.1) is 11.3 Å². The number of aromatic nitrogens is 1. The number of carbonyl (C=O) groups excluding carboxylic acids is 1. The first kappa shape index (κ1) is 28.0. The van der Waals surface area contributed by atoms with E-state index in [1.165, 1.54) is 25.5 Å². The summed E-state index contributed by atoms with van der Waals surface area (Å²) in [6, 6.07) is 27.9. The van der Waals surface area contributed by atoms with Gasteiger partial charge < -0.3 is 18.9 Å². The molecule has 5 nitrogen and oxygen atoms in total. The molecule has 39 heavy (non-hydrogen) atoms. The zero-order valence-electron chi connectivity index (χ0n) is 22.1. The van der Waals surface area contributed by atoms with Crippen LogP contribution in [-0.4, -0.2) is 15.9 Å². The summed E-state index contributed by atoms with van der Waals surface area (Å²) in [5.41, 5.74) is 6.47.